The lowest BCUT2D eigenvalue weighted by atomic mass is 10.1. The van der Waals surface area contributed by atoms with E-state index in [0.717, 1.165) is 5.69 Å². The normalized spacial score (nSPS) is 17.9. The van der Waals surface area contributed by atoms with Crippen LogP contribution in [0.1, 0.15) is 18.2 Å². The Bertz CT molecular complexity index is 601. The maximum absolute atomic E-state index is 11.3. The lowest BCUT2D eigenvalue weighted by Crippen LogP contribution is -2.12. The average Bonchev–Trinajstić information content (AvgIpc) is 2.77. The zero-order valence-corrected chi connectivity index (χ0v) is 9.50. The third kappa shape index (κ3) is 2.10. The summed E-state index contributed by atoms with van der Waals surface area (Å²) in [5, 5.41) is 8.99. The second-order valence-corrected chi connectivity index (χ2v) is 3.70. The van der Waals surface area contributed by atoms with Crippen molar-refractivity contribution in [2.45, 2.75) is 13.8 Å². The molecule has 6 heteroatoms. The molecule has 1 aromatic heterocycles. The van der Waals surface area contributed by atoms with Gasteiger partial charge < -0.3 is 5.10 Å². The Hall–Kier alpha value is -2.37. The molecule has 6 nitrogen and oxygen atoms in total. The minimum Gasteiger partial charge on any atom is -0.302 e. The highest BCUT2D eigenvalue weighted by Gasteiger charge is 2.17. The fourth-order valence-corrected chi connectivity index (χ4v) is 1.51. The Kier molecular flexibility index (Phi) is 2.78. The third-order valence-corrected chi connectivity index (χ3v) is 2.50. The minimum atomic E-state index is -0.230. The summed E-state index contributed by atoms with van der Waals surface area (Å²) in [6, 6.07) is 0. The van der Waals surface area contributed by atoms with Gasteiger partial charge in [-0.3, -0.25) is 14.7 Å². The molecular formula is C11H12N4O2. The molecule has 3 N–H and O–H groups in total. The molecule has 1 aromatic rings. The van der Waals surface area contributed by atoms with Crippen molar-refractivity contribution in [1.29, 1.82) is 0 Å². The zero-order chi connectivity index (χ0) is 12.4. The second kappa shape index (κ2) is 4.25. The van der Waals surface area contributed by atoms with E-state index >= 15 is 0 Å². The molecule has 1 aliphatic heterocycles. The van der Waals surface area contributed by atoms with E-state index in [1.165, 1.54) is 0 Å². The van der Waals surface area contributed by atoms with E-state index in [4.69, 9.17) is 0 Å². The van der Waals surface area contributed by atoms with Crippen molar-refractivity contribution >= 4 is 17.7 Å². The van der Waals surface area contributed by atoms with Gasteiger partial charge in [0, 0.05) is 5.69 Å². The lowest BCUT2D eigenvalue weighted by molar-refractivity contribution is -0.116. The van der Waals surface area contributed by atoms with Gasteiger partial charge in [0.05, 0.1) is 16.8 Å². The molecule has 0 saturated heterocycles. The monoisotopic (exact) mass is 232 g/mol. The van der Waals surface area contributed by atoms with Gasteiger partial charge in [-0.25, -0.2) is 5.43 Å². The number of allylic oxidation sites excluding steroid dienone is 2. The minimum absolute atomic E-state index is 0.182. The van der Waals surface area contributed by atoms with Gasteiger partial charge >= 0.3 is 0 Å². The van der Waals surface area contributed by atoms with Gasteiger partial charge in [-0.05, 0) is 26.0 Å². The first-order valence-corrected chi connectivity index (χ1v) is 5.10. The van der Waals surface area contributed by atoms with Gasteiger partial charge in [0.25, 0.3) is 11.5 Å². The molecule has 0 radical (unpaired) electrons. The molecule has 2 heterocycles. The number of hydrazone groups is 1. The first-order chi connectivity index (χ1) is 8.09. The summed E-state index contributed by atoms with van der Waals surface area (Å²) < 4.78 is 0. The SMILES string of the molecule is CC1=NNC(=O)/C1=C\C=C\c1c(C)[nH][nH]c1=O. The van der Waals surface area contributed by atoms with Crippen LogP contribution in [-0.2, 0) is 4.79 Å². The Morgan fingerprint density at radius 1 is 1.18 bits per heavy atom. The van der Waals surface area contributed by atoms with E-state index < -0.39 is 0 Å². The van der Waals surface area contributed by atoms with Crippen molar-refractivity contribution < 1.29 is 4.79 Å². The van der Waals surface area contributed by atoms with E-state index in [-0.39, 0.29) is 11.5 Å². The van der Waals surface area contributed by atoms with Gasteiger partial charge in [-0.1, -0.05) is 6.08 Å². The van der Waals surface area contributed by atoms with Crippen molar-refractivity contribution in [2.75, 3.05) is 0 Å². The van der Waals surface area contributed by atoms with Gasteiger partial charge in [0.2, 0.25) is 0 Å². The van der Waals surface area contributed by atoms with Crippen LogP contribution in [-0.4, -0.2) is 21.8 Å². The number of nitrogens with zero attached hydrogens (tertiary/aromatic N) is 1. The molecule has 1 amide bonds. The van der Waals surface area contributed by atoms with Crippen molar-refractivity contribution in [3.05, 3.63) is 39.3 Å². The van der Waals surface area contributed by atoms with Gasteiger partial charge in [0.1, 0.15) is 0 Å². The van der Waals surface area contributed by atoms with Crippen LogP contribution < -0.4 is 11.0 Å². The molecule has 1 aliphatic rings. The molecule has 88 valence electrons. The fourth-order valence-electron chi connectivity index (χ4n) is 1.51. The highest BCUT2D eigenvalue weighted by molar-refractivity contribution is 6.24. The number of aryl methyl sites for hydroxylation is 1. The molecule has 0 saturated carbocycles. The standard InChI is InChI=1S/C11H12N4O2/c1-6-8(10(16)14-12-6)4-3-5-9-7(2)13-15-11(9)17/h3-5H,1-2H3,(H,14,16)(H2,13,15,17)/b5-3+,8-4-. The van der Waals surface area contributed by atoms with Crippen LogP contribution in [0, 0.1) is 6.92 Å². The van der Waals surface area contributed by atoms with Crippen LogP contribution in [0.25, 0.3) is 6.08 Å². The summed E-state index contributed by atoms with van der Waals surface area (Å²) in [5.74, 6) is -0.230. The summed E-state index contributed by atoms with van der Waals surface area (Å²) in [7, 11) is 0. The van der Waals surface area contributed by atoms with Crippen molar-refractivity contribution in [1.82, 2.24) is 15.6 Å². The van der Waals surface area contributed by atoms with E-state index in [9.17, 15) is 9.59 Å². The lowest BCUT2D eigenvalue weighted by Gasteiger charge is -1.90. The quantitative estimate of drug-likeness (QED) is 0.646. The number of nitrogens with one attached hydrogen (secondary N) is 3. The van der Waals surface area contributed by atoms with E-state index in [2.05, 4.69) is 20.7 Å². The van der Waals surface area contributed by atoms with Gasteiger partial charge in [-0.15, -0.1) is 0 Å². The number of H-pyrrole nitrogens is 2. The van der Waals surface area contributed by atoms with Crippen LogP contribution in [0.5, 0.6) is 0 Å². The highest BCUT2D eigenvalue weighted by atomic mass is 16.2. The van der Waals surface area contributed by atoms with Crippen LogP contribution in [0.3, 0.4) is 0 Å². The Balaban J connectivity index is 2.24. The largest absolute Gasteiger partial charge is 0.302 e. The first kappa shape index (κ1) is 11.1. The zero-order valence-electron chi connectivity index (χ0n) is 9.50. The molecule has 0 bridgehead atoms. The molecule has 0 aliphatic carbocycles. The number of amides is 1. The molecule has 0 atom stereocenters. The van der Waals surface area contributed by atoms with Crippen LogP contribution in [0.4, 0.5) is 0 Å². The van der Waals surface area contributed by atoms with Crippen molar-refractivity contribution in [3.63, 3.8) is 0 Å². The van der Waals surface area contributed by atoms with Crippen molar-refractivity contribution in [2.24, 2.45) is 5.10 Å². The third-order valence-electron chi connectivity index (χ3n) is 2.50. The van der Waals surface area contributed by atoms with E-state index in [1.54, 1.807) is 32.1 Å². The number of carbonyl (C=O) groups excluding carboxylic acids is 1. The molecule has 17 heavy (non-hydrogen) atoms. The smallest absolute Gasteiger partial charge is 0.273 e. The van der Waals surface area contributed by atoms with Crippen LogP contribution >= 0.6 is 0 Å². The second-order valence-electron chi connectivity index (χ2n) is 3.70. The maximum Gasteiger partial charge on any atom is 0.273 e. The topological polar surface area (TPSA) is 90.1 Å². The average molecular weight is 232 g/mol. The molecule has 0 unspecified atom stereocenters. The number of aromatic nitrogens is 2. The van der Waals surface area contributed by atoms with Crippen LogP contribution in [0.15, 0.2) is 27.6 Å². The summed E-state index contributed by atoms with van der Waals surface area (Å²) in [5.41, 5.74) is 4.63. The maximum atomic E-state index is 11.3. The predicted octanol–water partition coefficient (Wildman–Crippen LogP) is 0.457. The molecular weight excluding hydrogens is 220 g/mol. The number of aromatic amines is 2. The first-order valence-electron chi connectivity index (χ1n) is 5.10. The number of hydrogen-bond acceptors (Lipinski definition) is 3. The van der Waals surface area contributed by atoms with E-state index in [1.807, 2.05) is 0 Å². The predicted molar refractivity (Wildman–Crippen MR) is 64.5 cm³/mol. The Labute approximate surface area is 97.1 Å². The number of hydrogen-bond donors (Lipinski definition) is 3. The molecule has 0 fully saturated rings. The molecule has 0 aromatic carbocycles. The molecule has 0 spiro atoms. The highest BCUT2D eigenvalue weighted by Crippen LogP contribution is 2.06. The number of carbonyl (C=O) groups is 1. The molecule has 2 rings (SSSR count). The summed E-state index contributed by atoms with van der Waals surface area (Å²) in [6.07, 6.45) is 4.94. The van der Waals surface area contributed by atoms with E-state index in [0.29, 0.717) is 16.8 Å². The summed E-state index contributed by atoms with van der Waals surface area (Å²) >= 11 is 0. The summed E-state index contributed by atoms with van der Waals surface area (Å²) in [6.45, 7) is 3.53. The van der Waals surface area contributed by atoms with Gasteiger partial charge in [-0.2, -0.15) is 5.10 Å². The van der Waals surface area contributed by atoms with Gasteiger partial charge in [0.15, 0.2) is 0 Å². The summed E-state index contributed by atoms with van der Waals surface area (Å²) in [4.78, 5) is 22.6. The Morgan fingerprint density at radius 3 is 2.47 bits per heavy atom. The Morgan fingerprint density at radius 2 is 1.94 bits per heavy atom. The van der Waals surface area contributed by atoms with Crippen molar-refractivity contribution in [3.8, 4) is 0 Å². The number of rotatable bonds is 2. The van der Waals surface area contributed by atoms with Crippen LogP contribution in [0.2, 0.25) is 0 Å². The fraction of sp³-hybridized carbons (Fsp3) is 0.182.